The molecule has 0 bridgehead atoms. The first-order valence-electron chi connectivity index (χ1n) is 20.9. The Kier molecular flexibility index (Phi) is 7.23. The number of hydrogen-bond donors (Lipinski definition) is 0. The number of fused-ring (bicyclic) bond motifs is 12. The molecule has 3 heterocycles. The fourth-order valence-electron chi connectivity index (χ4n) is 10.1. The molecule has 0 atom stereocenters. The van der Waals surface area contributed by atoms with Gasteiger partial charge in [-0.25, -0.2) is 0 Å². The maximum absolute atomic E-state index is 7.16. The molecule has 3 nitrogen and oxygen atoms in total. The Morgan fingerprint density at radius 1 is 0.443 bits per heavy atom. The van der Waals surface area contributed by atoms with Crippen LogP contribution in [0.4, 0.5) is 17.1 Å². The second-order valence-corrected chi connectivity index (χ2v) is 17.9. The summed E-state index contributed by atoms with van der Waals surface area (Å²) >= 11 is 1.86. The van der Waals surface area contributed by atoms with Gasteiger partial charge in [0.05, 0.1) is 10.4 Å². The van der Waals surface area contributed by atoms with E-state index in [1.54, 1.807) is 0 Å². The van der Waals surface area contributed by atoms with Crippen LogP contribution in [0.3, 0.4) is 0 Å². The van der Waals surface area contributed by atoms with Crippen LogP contribution in [-0.2, 0) is 5.41 Å². The third kappa shape index (κ3) is 5.03. The summed E-state index contributed by atoms with van der Waals surface area (Å²) in [4.78, 5) is 2.44. The molecule has 0 unspecified atom stereocenters. The zero-order chi connectivity index (χ0) is 40.4. The lowest BCUT2D eigenvalue weighted by Gasteiger charge is -2.28. The van der Waals surface area contributed by atoms with Gasteiger partial charge in [-0.05, 0) is 87.5 Å². The highest BCUT2D eigenvalue weighted by Gasteiger charge is 2.36. The Balaban J connectivity index is 1.05. The monoisotopic (exact) mass is 799 g/mol. The first-order valence-corrected chi connectivity index (χ1v) is 21.7. The third-order valence-electron chi connectivity index (χ3n) is 13.1. The first-order chi connectivity index (χ1) is 30.0. The van der Waals surface area contributed by atoms with Crippen LogP contribution < -0.4 is 4.90 Å². The van der Waals surface area contributed by atoms with Gasteiger partial charge in [-0.2, -0.15) is 0 Å². The van der Waals surface area contributed by atoms with E-state index in [1.807, 2.05) is 23.5 Å². The lowest BCUT2D eigenvalue weighted by atomic mass is 9.82. The van der Waals surface area contributed by atoms with Gasteiger partial charge in [0.25, 0.3) is 0 Å². The minimum absolute atomic E-state index is 0.142. The number of anilines is 3. The number of nitrogens with zero attached hydrogens (tertiary/aromatic N) is 1. The van der Waals surface area contributed by atoms with E-state index in [-0.39, 0.29) is 5.41 Å². The van der Waals surface area contributed by atoms with E-state index in [0.717, 1.165) is 72.1 Å². The Hall–Kier alpha value is -7.40. The number of para-hydroxylation sites is 1. The normalized spacial score (nSPS) is 13.2. The minimum Gasteiger partial charge on any atom is -0.456 e. The van der Waals surface area contributed by atoms with Gasteiger partial charge in [0.1, 0.15) is 22.3 Å². The molecule has 9 aromatic carbocycles. The molecule has 3 aromatic heterocycles. The molecule has 0 amide bonds. The molecule has 0 fully saturated rings. The number of furan rings is 2. The van der Waals surface area contributed by atoms with Gasteiger partial charge in [0, 0.05) is 65.4 Å². The van der Waals surface area contributed by atoms with E-state index in [0.29, 0.717) is 0 Å². The molecule has 0 aliphatic heterocycles. The van der Waals surface area contributed by atoms with E-state index >= 15 is 0 Å². The Labute approximate surface area is 356 Å². The summed E-state index contributed by atoms with van der Waals surface area (Å²) in [6.07, 6.45) is 0. The predicted octanol–water partition coefficient (Wildman–Crippen LogP) is 17.0. The SMILES string of the molecule is CC1(C)c2ccccc2-c2ccc(N(c3ccc4c(c3)oc3c(-c5ccc(-c6ccccc6)cc5)c5c(cc34)oc3ccccc35)c3cccc4c3sc3ccccc34)cc21. The molecule has 12 aromatic rings. The molecule has 1 aliphatic carbocycles. The van der Waals surface area contributed by atoms with Crippen LogP contribution in [0.15, 0.2) is 197 Å². The molecule has 288 valence electrons. The molecule has 61 heavy (non-hydrogen) atoms. The summed E-state index contributed by atoms with van der Waals surface area (Å²) in [7, 11) is 0. The number of benzene rings is 9. The summed E-state index contributed by atoms with van der Waals surface area (Å²) in [5, 5.41) is 6.77. The van der Waals surface area contributed by atoms with Crippen LogP contribution in [-0.4, -0.2) is 0 Å². The topological polar surface area (TPSA) is 29.5 Å². The van der Waals surface area contributed by atoms with Crippen molar-refractivity contribution in [2.24, 2.45) is 0 Å². The van der Waals surface area contributed by atoms with Gasteiger partial charge >= 0.3 is 0 Å². The second kappa shape index (κ2) is 12.8. The van der Waals surface area contributed by atoms with Gasteiger partial charge in [-0.3, -0.25) is 0 Å². The zero-order valence-electron chi connectivity index (χ0n) is 33.6. The first kappa shape index (κ1) is 34.5. The van der Waals surface area contributed by atoms with Gasteiger partial charge in [0.15, 0.2) is 0 Å². The van der Waals surface area contributed by atoms with Crippen molar-refractivity contribution in [1.82, 2.24) is 0 Å². The highest BCUT2D eigenvalue weighted by Crippen LogP contribution is 2.53. The molecule has 0 N–H and O–H groups in total. The quantitative estimate of drug-likeness (QED) is 0.174. The highest BCUT2D eigenvalue weighted by atomic mass is 32.1. The van der Waals surface area contributed by atoms with E-state index in [1.165, 1.54) is 53.6 Å². The molecule has 0 radical (unpaired) electrons. The lowest BCUT2D eigenvalue weighted by Crippen LogP contribution is -2.16. The Bertz CT molecular complexity index is 3740. The fourth-order valence-corrected chi connectivity index (χ4v) is 11.4. The van der Waals surface area contributed by atoms with Crippen molar-refractivity contribution in [1.29, 1.82) is 0 Å². The van der Waals surface area contributed by atoms with Crippen molar-refractivity contribution >= 4 is 92.4 Å². The molecule has 1 aliphatic rings. The third-order valence-corrected chi connectivity index (χ3v) is 14.3. The van der Waals surface area contributed by atoms with Crippen LogP contribution in [0, 0.1) is 0 Å². The number of thiophene rings is 1. The van der Waals surface area contributed by atoms with Crippen molar-refractivity contribution in [3.8, 4) is 33.4 Å². The van der Waals surface area contributed by atoms with Crippen LogP contribution in [0.25, 0.3) is 97.4 Å². The van der Waals surface area contributed by atoms with E-state index in [9.17, 15) is 0 Å². The molecule has 13 rings (SSSR count). The molecule has 0 saturated carbocycles. The highest BCUT2D eigenvalue weighted by molar-refractivity contribution is 7.26. The molecular weight excluding hydrogens is 763 g/mol. The van der Waals surface area contributed by atoms with Crippen molar-refractivity contribution in [3.05, 3.63) is 199 Å². The molecule has 0 spiro atoms. The standard InChI is InChI=1S/C57H37NO2S/c1-57(2)46-19-9-6-15-39(46)40-29-27-37(31-47(40)57)58(48-20-12-18-43-42-16-8-11-22-52(42)61-56(43)48)38-28-30-41-45-33-51-54(44-17-7-10-21-49(44)59-51)53(55(45)60-50(41)32-38)36-25-23-35(24-26-36)34-13-4-3-5-14-34/h3-33H,1-2H3. The summed E-state index contributed by atoms with van der Waals surface area (Å²) in [6, 6.07) is 68.0. The fraction of sp³-hybridized carbons (Fsp3) is 0.0526. The Morgan fingerprint density at radius 2 is 1.13 bits per heavy atom. The maximum atomic E-state index is 7.16. The maximum Gasteiger partial charge on any atom is 0.144 e. The number of hydrogen-bond acceptors (Lipinski definition) is 4. The summed E-state index contributed by atoms with van der Waals surface area (Å²) in [5.74, 6) is 0. The van der Waals surface area contributed by atoms with Crippen molar-refractivity contribution in [2.75, 3.05) is 4.90 Å². The number of rotatable bonds is 5. The van der Waals surface area contributed by atoms with Crippen LogP contribution in [0.5, 0.6) is 0 Å². The van der Waals surface area contributed by atoms with Gasteiger partial charge in [-0.1, -0.05) is 147 Å². The van der Waals surface area contributed by atoms with Crippen LogP contribution in [0.2, 0.25) is 0 Å². The van der Waals surface area contributed by atoms with E-state index in [2.05, 4.69) is 195 Å². The van der Waals surface area contributed by atoms with Gasteiger partial charge in [-0.15, -0.1) is 11.3 Å². The average molecular weight is 800 g/mol. The van der Waals surface area contributed by atoms with Crippen LogP contribution in [0.1, 0.15) is 25.0 Å². The summed E-state index contributed by atoms with van der Waals surface area (Å²) in [5.41, 5.74) is 16.4. The van der Waals surface area contributed by atoms with Crippen molar-refractivity contribution in [3.63, 3.8) is 0 Å². The largest absolute Gasteiger partial charge is 0.456 e. The Morgan fingerprint density at radius 3 is 2.02 bits per heavy atom. The minimum atomic E-state index is -0.142. The molecule has 4 heteroatoms. The lowest BCUT2D eigenvalue weighted by molar-refractivity contribution is 0.660. The van der Waals surface area contributed by atoms with Crippen molar-refractivity contribution < 1.29 is 8.83 Å². The van der Waals surface area contributed by atoms with E-state index in [4.69, 9.17) is 8.83 Å². The molecule has 0 saturated heterocycles. The smallest absolute Gasteiger partial charge is 0.144 e. The van der Waals surface area contributed by atoms with Gasteiger partial charge in [0.2, 0.25) is 0 Å². The second-order valence-electron chi connectivity index (χ2n) is 16.8. The molecular formula is C57H37NO2S. The summed E-state index contributed by atoms with van der Waals surface area (Å²) < 4.78 is 16.3. The zero-order valence-corrected chi connectivity index (χ0v) is 34.4. The van der Waals surface area contributed by atoms with Crippen molar-refractivity contribution in [2.45, 2.75) is 19.3 Å². The van der Waals surface area contributed by atoms with Gasteiger partial charge < -0.3 is 13.7 Å². The predicted molar refractivity (Wildman–Crippen MR) is 257 cm³/mol. The van der Waals surface area contributed by atoms with E-state index < -0.39 is 0 Å². The average Bonchev–Trinajstić information content (AvgIpc) is 4.04. The summed E-state index contributed by atoms with van der Waals surface area (Å²) in [6.45, 7) is 4.70. The van der Waals surface area contributed by atoms with Crippen LogP contribution >= 0.6 is 11.3 Å².